The summed E-state index contributed by atoms with van der Waals surface area (Å²) in [6.45, 7) is 22.1. The highest BCUT2D eigenvalue weighted by atomic mass is 16.5. The van der Waals surface area contributed by atoms with Crippen molar-refractivity contribution in [1.82, 2.24) is 0 Å². The van der Waals surface area contributed by atoms with Crippen molar-refractivity contribution in [2.75, 3.05) is 0 Å². The zero-order valence-electron chi connectivity index (χ0n) is 49.5. The first-order valence-electron chi connectivity index (χ1n) is 29.4. The van der Waals surface area contributed by atoms with Gasteiger partial charge >= 0.3 is 0 Å². The van der Waals surface area contributed by atoms with Gasteiger partial charge in [0, 0.05) is 5.39 Å². The standard InChI is InChI=1S/C29H32.C26H24.C25H24O/c1-6-12-23(8-3)25-17-18-27(21(4)7-2)29(20-25)28-19-26(16-15-22(28)5)24-13-10-9-11-14-24;1-19-13-15-23(21-9-5-3-6-10-21)17-25(19)26-18-24(16-14-20(26)2)22-11-7-4-8-12-22;1-4-18(3)20-13-17(2)14-21(15-20)26-25-16-19-9-5-6-10-22(19)23-11-7-8-12-24(23)25/h6,8-21H,7H2,1-5H3;3,5-7,9-18H,4,8H2,1-2H3;5-16,18H,4H2,1-3H3/b12-6-,23-8+;;. The van der Waals surface area contributed by atoms with Crippen molar-refractivity contribution in [3.63, 3.8) is 0 Å². The summed E-state index contributed by atoms with van der Waals surface area (Å²) in [4.78, 5) is 0. The Morgan fingerprint density at radius 1 is 0.481 bits per heavy atom. The molecule has 10 aromatic carbocycles. The topological polar surface area (TPSA) is 9.23 Å². The molecule has 0 bridgehead atoms. The normalized spacial score (nSPS) is 13.0. The van der Waals surface area contributed by atoms with E-state index in [1.807, 2.05) is 0 Å². The first-order chi connectivity index (χ1) is 39.5. The average Bonchev–Trinajstić information content (AvgIpc) is 3.67. The van der Waals surface area contributed by atoms with Crippen LogP contribution in [0.15, 0.2) is 243 Å². The quantitative estimate of drug-likeness (QED) is 0.0826. The summed E-state index contributed by atoms with van der Waals surface area (Å²) in [7, 11) is 0. The Bertz CT molecular complexity index is 3900. The Kier molecular flexibility index (Phi) is 19.1. The lowest BCUT2D eigenvalue weighted by Crippen LogP contribution is -1.98. The van der Waals surface area contributed by atoms with Gasteiger partial charge in [0.2, 0.25) is 0 Å². The molecule has 2 atom stereocenters. The number of rotatable bonds is 13. The van der Waals surface area contributed by atoms with Gasteiger partial charge in [0.25, 0.3) is 0 Å². The molecule has 0 fully saturated rings. The predicted octanol–water partition coefficient (Wildman–Crippen LogP) is 23.8. The number of hydrogen-bond acceptors (Lipinski definition) is 1. The van der Waals surface area contributed by atoms with Gasteiger partial charge in [0.15, 0.2) is 0 Å². The van der Waals surface area contributed by atoms with Crippen LogP contribution < -0.4 is 4.74 Å². The maximum Gasteiger partial charge on any atom is 0.135 e. The summed E-state index contributed by atoms with van der Waals surface area (Å²) in [5, 5.41) is 4.85. The highest BCUT2D eigenvalue weighted by Gasteiger charge is 2.17. The van der Waals surface area contributed by atoms with E-state index < -0.39 is 0 Å². The maximum atomic E-state index is 6.42. The molecule has 11 rings (SSSR count). The molecule has 1 heteroatoms. The molecule has 0 radical (unpaired) electrons. The van der Waals surface area contributed by atoms with Crippen molar-refractivity contribution >= 4 is 32.7 Å². The molecule has 0 N–H and O–H groups in total. The summed E-state index contributed by atoms with van der Waals surface area (Å²) in [6, 6.07) is 74.5. The molecule has 0 saturated carbocycles. The van der Waals surface area contributed by atoms with Crippen molar-refractivity contribution in [2.24, 2.45) is 0 Å². The molecule has 0 spiro atoms. The van der Waals surface area contributed by atoms with Gasteiger partial charge in [-0.2, -0.15) is 0 Å². The van der Waals surface area contributed by atoms with Crippen LogP contribution in [0.5, 0.6) is 11.5 Å². The molecule has 10 aromatic rings. The van der Waals surface area contributed by atoms with Crippen LogP contribution in [0.3, 0.4) is 0 Å². The van der Waals surface area contributed by atoms with Crippen LogP contribution in [0, 0.1) is 27.7 Å². The zero-order chi connectivity index (χ0) is 56.8. The largest absolute Gasteiger partial charge is 0.457 e. The van der Waals surface area contributed by atoms with Crippen LogP contribution in [0.25, 0.3) is 77.2 Å². The number of ether oxygens (including phenoxy) is 1. The van der Waals surface area contributed by atoms with Crippen molar-refractivity contribution < 1.29 is 4.74 Å². The smallest absolute Gasteiger partial charge is 0.135 e. The second-order valence-corrected chi connectivity index (χ2v) is 21.9. The summed E-state index contributed by atoms with van der Waals surface area (Å²) in [5.74, 6) is 2.89. The number of benzene rings is 10. The Hall–Kier alpha value is -8.52. The van der Waals surface area contributed by atoms with Gasteiger partial charge < -0.3 is 4.74 Å². The second kappa shape index (κ2) is 27.1. The molecule has 0 saturated heterocycles. The molecule has 0 heterocycles. The minimum absolute atomic E-state index is 0.523. The number of fused-ring (bicyclic) bond motifs is 3. The van der Waals surface area contributed by atoms with Gasteiger partial charge in [0.1, 0.15) is 11.5 Å². The van der Waals surface area contributed by atoms with E-state index in [-0.39, 0.29) is 0 Å². The highest BCUT2D eigenvalue weighted by molar-refractivity contribution is 6.10. The summed E-state index contributed by atoms with van der Waals surface area (Å²) < 4.78 is 6.42. The van der Waals surface area contributed by atoms with Crippen molar-refractivity contribution in [3.8, 4) is 56.0 Å². The molecule has 1 aliphatic carbocycles. The molecular formula is C80H80O. The van der Waals surface area contributed by atoms with Crippen LogP contribution in [0.4, 0.5) is 0 Å². The second-order valence-electron chi connectivity index (χ2n) is 21.9. The fraction of sp³-hybridized carbons (Fsp3) is 0.200. The summed E-state index contributed by atoms with van der Waals surface area (Å²) in [5.41, 5.74) is 23.6. The molecular weight excluding hydrogens is 977 g/mol. The molecule has 406 valence electrons. The molecule has 1 aliphatic rings. The zero-order valence-corrected chi connectivity index (χ0v) is 49.5. The molecule has 0 aliphatic heterocycles. The molecule has 81 heavy (non-hydrogen) atoms. The van der Waals surface area contributed by atoms with Gasteiger partial charge in [-0.05, 0) is 238 Å². The van der Waals surface area contributed by atoms with Gasteiger partial charge in [-0.1, -0.05) is 228 Å². The number of aryl methyl sites for hydroxylation is 4. The van der Waals surface area contributed by atoms with E-state index in [0.29, 0.717) is 11.8 Å². The molecule has 2 unspecified atom stereocenters. The molecule has 0 amide bonds. The fourth-order valence-corrected chi connectivity index (χ4v) is 11.1. The van der Waals surface area contributed by atoms with Crippen LogP contribution >= 0.6 is 0 Å². The van der Waals surface area contributed by atoms with E-state index in [0.717, 1.165) is 42.6 Å². The lowest BCUT2D eigenvalue weighted by molar-refractivity contribution is 0.487. The first kappa shape index (κ1) is 57.2. The number of allylic oxidation sites excluding steroid dienone is 8. The van der Waals surface area contributed by atoms with Crippen LogP contribution in [0.2, 0.25) is 0 Å². The minimum atomic E-state index is 0.523. The third-order valence-corrected chi connectivity index (χ3v) is 16.2. The lowest BCUT2D eigenvalue weighted by Gasteiger charge is -2.19. The summed E-state index contributed by atoms with van der Waals surface area (Å²) in [6.07, 6.45) is 17.9. The van der Waals surface area contributed by atoms with Crippen LogP contribution in [-0.4, -0.2) is 0 Å². The van der Waals surface area contributed by atoms with E-state index in [1.165, 1.54) is 116 Å². The van der Waals surface area contributed by atoms with E-state index in [1.54, 1.807) is 0 Å². The molecule has 0 aromatic heterocycles. The Labute approximate surface area is 484 Å². The van der Waals surface area contributed by atoms with Gasteiger partial charge in [0.05, 0.1) is 0 Å². The van der Waals surface area contributed by atoms with Gasteiger partial charge in [-0.3, -0.25) is 0 Å². The SMILES string of the molecule is C/C=C\C(=C/C)c1ccc(C(C)CC)c(-c2cc(-c3ccccc3)ccc2C)c1.CCC(C)c1cc(C)cc(Oc2cc3ccccc3c3ccccc23)c1.Cc1ccc(C2=CCCC=C2)cc1-c1cc(-c2ccccc2)ccc1C. The monoisotopic (exact) mass is 1060 g/mol. The van der Waals surface area contributed by atoms with E-state index >= 15 is 0 Å². The number of hydrogen-bond donors (Lipinski definition) is 0. The van der Waals surface area contributed by atoms with E-state index in [4.69, 9.17) is 4.74 Å². The average molecular weight is 1060 g/mol. The van der Waals surface area contributed by atoms with Gasteiger partial charge in [-0.25, -0.2) is 0 Å². The first-order valence-corrected chi connectivity index (χ1v) is 29.4. The lowest BCUT2D eigenvalue weighted by atomic mass is 9.85. The maximum absolute atomic E-state index is 6.42. The summed E-state index contributed by atoms with van der Waals surface area (Å²) >= 11 is 0. The van der Waals surface area contributed by atoms with Gasteiger partial charge in [-0.15, -0.1) is 0 Å². The third-order valence-electron chi connectivity index (χ3n) is 16.2. The van der Waals surface area contributed by atoms with Crippen molar-refractivity contribution in [1.29, 1.82) is 0 Å². The minimum Gasteiger partial charge on any atom is -0.457 e. The highest BCUT2D eigenvalue weighted by Crippen LogP contribution is 2.40. The van der Waals surface area contributed by atoms with Crippen LogP contribution in [-0.2, 0) is 0 Å². The van der Waals surface area contributed by atoms with Crippen molar-refractivity contribution in [2.45, 2.75) is 107 Å². The Morgan fingerprint density at radius 2 is 1.04 bits per heavy atom. The third kappa shape index (κ3) is 13.7. The van der Waals surface area contributed by atoms with E-state index in [9.17, 15) is 0 Å². The van der Waals surface area contributed by atoms with E-state index in [2.05, 4.69) is 312 Å². The van der Waals surface area contributed by atoms with Crippen molar-refractivity contribution in [3.05, 3.63) is 287 Å². The Balaban J connectivity index is 0.000000147. The fourth-order valence-electron chi connectivity index (χ4n) is 11.1. The van der Waals surface area contributed by atoms with Crippen LogP contribution in [0.1, 0.15) is 124 Å². The molecule has 1 nitrogen and oxygen atoms in total. The predicted molar refractivity (Wildman–Crippen MR) is 354 cm³/mol. The Morgan fingerprint density at radius 3 is 1.62 bits per heavy atom.